The van der Waals surface area contributed by atoms with Crippen molar-refractivity contribution in [1.29, 1.82) is 5.26 Å². The number of nitrogens with two attached hydrogens (primary N) is 1. The zero-order valence-corrected chi connectivity index (χ0v) is 12.9. The Morgan fingerprint density at radius 2 is 2.26 bits per heavy atom. The van der Waals surface area contributed by atoms with Gasteiger partial charge in [0.25, 0.3) is 0 Å². The number of nitrogens with zero attached hydrogens (tertiary/aromatic N) is 2. The van der Waals surface area contributed by atoms with Gasteiger partial charge in [0.2, 0.25) is 0 Å². The predicted octanol–water partition coefficient (Wildman–Crippen LogP) is 3.27. The number of nitriles is 1. The van der Waals surface area contributed by atoms with Crippen molar-refractivity contribution in [2.75, 3.05) is 18.0 Å². The van der Waals surface area contributed by atoms with E-state index in [1.54, 1.807) is 0 Å². The number of benzene rings is 1. The van der Waals surface area contributed by atoms with Gasteiger partial charge in [-0.1, -0.05) is 12.5 Å². The lowest BCUT2D eigenvalue weighted by molar-refractivity contribution is 0.462. The van der Waals surface area contributed by atoms with Crippen LogP contribution in [0.25, 0.3) is 0 Å². The summed E-state index contributed by atoms with van der Waals surface area (Å²) in [6.07, 6.45) is 3.61. The molecule has 4 heteroatoms. The van der Waals surface area contributed by atoms with E-state index in [1.165, 1.54) is 19.3 Å². The van der Waals surface area contributed by atoms with Gasteiger partial charge in [0, 0.05) is 17.1 Å². The van der Waals surface area contributed by atoms with Crippen LogP contribution < -0.4 is 10.6 Å². The normalized spacial score (nSPS) is 22.2. The number of rotatable bonds is 4. The summed E-state index contributed by atoms with van der Waals surface area (Å²) in [6, 6.07) is 8.74. The van der Waals surface area contributed by atoms with Crippen LogP contribution in [0.4, 0.5) is 5.69 Å². The zero-order chi connectivity index (χ0) is 13.8. The van der Waals surface area contributed by atoms with E-state index in [0.717, 1.165) is 28.8 Å². The Morgan fingerprint density at radius 1 is 1.47 bits per heavy atom. The molecule has 2 atom stereocenters. The van der Waals surface area contributed by atoms with Gasteiger partial charge in [0.05, 0.1) is 11.3 Å². The Morgan fingerprint density at radius 3 is 2.89 bits per heavy atom. The maximum Gasteiger partial charge on any atom is 0.103 e. The van der Waals surface area contributed by atoms with E-state index in [-0.39, 0.29) is 0 Å². The van der Waals surface area contributed by atoms with Gasteiger partial charge in [-0.3, -0.25) is 0 Å². The first kappa shape index (κ1) is 14.4. The van der Waals surface area contributed by atoms with Crippen LogP contribution in [-0.4, -0.2) is 19.1 Å². The minimum atomic E-state index is 0.469. The molecule has 0 radical (unpaired) electrons. The fraction of sp³-hybridized carbons (Fsp3) is 0.533. The van der Waals surface area contributed by atoms with Crippen LogP contribution in [0.1, 0.15) is 31.7 Å². The third-order valence-corrected chi connectivity index (χ3v) is 4.74. The summed E-state index contributed by atoms with van der Waals surface area (Å²) in [5.41, 5.74) is 7.66. The van der Waals surface area contributed by atoms with Crippen LogP contribution >= 0.6 is 15.9 Å². The number of hydrogen-bond donors (Lipinski definition) is 1. The summed E-state index contributed by atoms with van der Waals surface area (Å²) in [5, 5.41) is 9.38. The van der Waals surface area contributed by atoms with Gasteiger partial charge in [0.15, 0.2) is 0 Å². The Hall–Kier alpha value is -1.05. The summed E-state index contributed by atoms with van der Waals surface area (Å²) in [6.45, 7) is 3.79. The molecule has 1 saturated carbocycles. The van der Waals surface area contributed by atoms with E-state index >= 15 is 0 Å². The molecule has 0 saturated heterocycles. The molecule has 3 nitrogen and oxygen atoms in total. The van der Waals surface area contributed by atoms with Crippen molar-refractivity contribution in [3.05, 3.63) is 28.2 Å². The molecule has 0 spiro atoms. The Bertz CT molecular complexity index is 481. The number of hydrogen-bond acceptors (Lipinski definition) is 3. The van der Waals surface area contributed by atoms with Gasteiger partial charge < -0.3 is 10.6 Å². The fourth-order valence-corrected chi connectivity index (χ4v) is 3.59. The van der Waals surface area contributed by atoms with Crippen LogP contribution in [0.3, 0.4) is 0 Å². The highest BCUT2D eigenvalue weighted by Crippen LogP contribution is 2.35. The van der Waals surface area contributed by atoms with Crippen molar-refractivity contribution in [2.24, 2.45) is 11.7 Å². The number of halogens is 1. The molecule has 0 amide bonds. The van der Waals surface area contributed by atoms with Crippen molar-refractivity contribution in [3.8, 4) is 6.07 Å². The largest absolute Gasteiger partial charge is 0.367 e. The lowest BCUT2D eigenvalue weighted by atomic mass is 10.0. The van der Waals surface area contributed by atoms with Gasteiger partial charge in [-0.2, -0.15) is 5.26 Å². The minimum absolute atomic E-state index is 0.469. The molecule has 1 aromatic carbocycles. The third kappa shape index (κ3) is 2.77. The maximum atomic E-state index is 9.38. The molecule has 1 aliphatic carbocycles. The van der Waals surface area contributed by atoms with E-state index < -0.39 is 0 Å². The second-order valence-corrected chi connectivity index (χ2v) is 5.88. The van der Waals surface area contributed by atoms with Crippen LogP contribution in [0.2, 0.25) is 0 Å². The van der Waals surface area contributed by atoms with Crippen LogP contribution in [0, 0.1) is 17.2 Å². The molecule has 2 unspecified atom stereocenters. The second kappa shape index (κ2) is 6.40. The highest BCUT2D eigenvalue weighted by Gasteiger charge is 2.31. The lowest BCUT2D eigenvalue weighted by Crippen LogP contribution is -2.40. The molecule has 2 rings (SSSR count). The zero-order valence-electron chi connectivity index (χ0n) is 11.3. The molecule has 0 heterocycles. The van der Waals surface area contributed by atoms with Crippen molar-refractivity contribution < 1.29 is 0 Å². The van der Waals surface area contributed by atoms with Gasteiger partial charge >= 0.3 is 0 Å². The molecular formula is C15H20BrN3. The first-order chi connectivity index (χ1) is 9.22. The van der Waals surface area contributed by atoms with E-state index in [2.05, 4.69) is 33.8 Å². The average molecular weight is 322 g/mol. The van der Waals surface area contributed by atoms with E-state index in [4.69, 9.17) is 5.73 Å². The minimum Gasteiger partial charge on any atom is -0.367 e. The van der Waals surface area contributed by atoms with E-state index in [1.807, 2.05) is 18.2 Å². The molecule has 19 heavy (non-hydrogen) atoms. The highest BCUT2D eigenvalue weighted by atomic mass is 79.9. The monoisotopic (exact) mass is 321 g/mol. The molecule has 0 aliphatic heterocycles. The van der Waals surface area contributed by atoms with E-state index in [0.29, 0.717) is 12.0 Å². The van der Waals surface area contributed by atoms with Crippen molar-refractivity contribution in [3.63, 3.8) is 0 Å². The SMILES string of the molecule is CCN(c1cccc(Br)c1C#N)C1CCCC1CN. The number of anilines is 1. The Balaban J connectivity index is 2.37. The topological polar surface area (TPSA) is 53.0 Å². The average Bonchev–Trinajstić information content (AvgIpc) is 2.88. The smallest absolute Gasteiger partial charge is 0.103 e. The van der Waals surface area contributed by atoms with Crippen LogP contribution in [0.5, 0.6) is 0 Å². The fourth-order valence-electron chi connectivity index (χ4n) is 3.15. The van der Waals surface area contributed by atoms with E-state index in [9.17, 15) is 5.26 Å². The molecule has 2 N–H and O–H groups in total. The molecular weight excluding hydrogens is 302 g/mol. The van der Waals surface area contributed by atoms with Crippen molar-refractivity contribution in [2.45, 2.75) is 32.2 Å². The van der Waals surface area contributed by atoms with Gasteiger partial charge in [-0.05, 0) is 60.3 Å². The predicted molar refractivity (Wildman–Crippen MR) is 82.1 cm³/mol. The quantitative estimate of drug-likeness (QED) is 0.925. The van der Waals surface area contributed by atoms with Gasteiger partial charge in [-0.15, -0.1) is 0 Å². The molecule has 102 valence electrons. The summed E-state index contributed by atoms with van der Waals surface area (Å²) in [4.78, 5) is 2.36. The van der Waals surface area contributed by atoms with Gasteiger partial charge in [-0.25, -0.2) is 0 Å². The summed E-state index contributed by atoms with van der Waals surface area (Å²) in [7, 11) is 0. The second-order valence-electron chi connectivity index (χ2n) is 5.03. The Labute approximate surface area is 123 Å². The van der Waals surface area contributed by atoms with Crippen LogP contribution in [0.15, 0.2) is 22.7 Å². The Kier molecular flexibility index (Phi) is 4.84. The maximum absolute atomic E-state index is 9.38. The first-order valence-electron chi connectivity index (χ1n) is 6.88. The highest BCUT2D eigenvalue weighted by molar-refractivity contribution is 9.10. The molecule has 0 aromatic heterocycles. The molecule has 1 aliphatic rings. The summed E-state index contributed by atoms with van der Waals surface area (Å²) < 4.78 is 0.869. The molecule has 0 bridgehead atoms. The summed E-state index contributed by atoms with van der Waals surface area (Å²) in [5.74, 6) is 0.547. The van der Waals surface area contributed by atoms with Crippen molar-refractivity contribution in [1.82, 2.24) is 0 Å². The van der Waals surface area contributed by atoms with Crippen LogP contribution in [-0.2, 0) is 0 Å². The lowest BCUT2D eigenvalue weighted by Gasteiger charge is -2.34. The first-order valence-corrected chi connectivity index (χ1v) is 7.67. The molecule has 1 fully saturated rings. The third-order valence-electron chi connectivity index (χ3n) is 4.08. The standard InChI is InChI=1S/C15H20BrN3/c1-2-19(14-7-3-5-11(14)9-17)15-8-4-6-13(16)12(15)10-18/h4,6,8,11,14H,2-3,5,7,9,17H2,1H3. The summed E-state index contributed by atoms with van der Waals surface area (Å²) >= 11 is 3.47. The van der Waals surface area contributed by atoms with Crippen molar-refractivity contribution >= 4 is 21.6 Å². The molecule has 1 aromatic rings. The van der Waals surface area contributed by atoms with Gasteiger partial charge in [0.1, 0.15) is 6.07 Å².